The summed E-state index contributed by atoms with van der Waals surface area (Å²) in [6.07, 6.45) is 5.09. The molecule has 1 fully saturated rings. The first kappa shape index (κ1) is 20.1. The monoisotopic (exact) mass is 375 g/mol. The summed E-state index contributed by atoms with van der Waals surface area (Å²) in [4.78, 5) is 14.7. The van der Waals surface area contributed by atoms with E-state index in [0.717, 1.165) is 17.7 Å². The van der Waals surface area contributed by atoms with Crippen LogP contribution in [0.25, 0.3) is 0 Å². The van der Waals surface area contributed by atoms with Crippen molar-refractivity contribution < 1.29 is 4.79 Å². The number of rotatable bonds is 7. The van der Waals surface area contributed by atoms with Crippen molar-refractivity contribution in [2.75, 3.05) is 6.54 Å². The van der Waals surface area contributed by atoms with E-state index in [2.05, 4.69) is 47.5 Å². The van der Waals surface area contributed by atoms with Crippen LogP contribution in [-0.4, -0.2) is 23.4 Å². The number of hydrogen-bond acceptors (Lipinski definition) is 3. The molecule has 1 aliphatic heterocycles. The molecule has 0 spiro atoms. The molecule has 28 heavy (non-hydrogen) atoms. The van der Waals surface area contributed by atoms with Gasteiger partial charge in [0.1, 0.15) is 0 Å². The van der Waals surface area contributed by atoms with Crippen molar-refractivity contribution in [3.05, 3.63) is 70.8 Å². The molecule has 0 aliphatic carbocycles. The number of carbonyl (C=O) groups excluding carboxylic acids is 1. The van der Waals surface area contributed by atoms with Gasteiger partial charge in [0, 0.05) is 25.6 Å². The van der Waals surface area contributed by atoms with Crippen molar-refractivity contribution in [1.29, 1.82) is 5.26 Å². The summed E-state index contributed by atoms with van der Waals surface area (Å²) in [7, 11) is 0. The number of nitrogens with one attached hydrogen (secondary N) is 1. The lowest BCUT2D eigenvalue weighted by molar-refractivity contribution is -0.121. The molecule has 146 valence electrons. The third-order valence-electron chi connectivity index (χ3n) is 5.56. The lowest BCUT2D eigenvalue weighted by atomic mass is 10.0. The lowest BCUT2D eigenvalue weighted by Gasteiger charge is -2.33. The highest BCUT2D eigenvalue weighted by atomic mass is 16.1. The minimum absolute atomic E-state index is 0.0515. The van der Waals surface area contributed by atoms with Crippen molar-refractivity contribution in [1.82, 2.24) is 10.2 Å². The maximum atomic E-state index is 12.1. The Hall–Kier alpha value is -2.64. The molecule has 0 saturated carbocycles. The number of nitrogens with zero attached hydrogens (tertiary/aromatic N) is 2. The van der Waals surface area contributed by atoms with Gasteiger partial charge in [0.05, 0.1) is 11.6 Å². The molecule has 4 heteroatoms. The highest BCUT2D eigenvalue weighted by Gasteiger charge is 2.17. The van der Waals surface area contributed by atoms with Crippen molar-refractivity contribution in [2.24, 2.45) is 0 Å². The standard InChI is InChI=1S/C24H29N3O/c1-19-4-2-3-15-27(19)18-23-11-9-22(10-12-23)17-26-24(28)14-13-20-5-7-21(16-25)8-6-20/h5-12,19H,2-4,13-15,17-18H2,1H3,(H,26,28)/t19-/m0/s1. The predicted octanol–water partition coefficient (Wildman–Crippen LogP) is 4.18. The third kappa shape index (κ3) is 5.94. The van der Waals surface area contributed by atoms with Gasteiger partial charge in [-0.25, -0.2) is 0 Å². The zero-order valence-corrected chi connectivity index (χ0v) is 16.7. The molecular formula is C24H29N3O. The van der Waals surface area contributed by atoms with Gasteiger partial charge in [-0.05, 0) is 61.6 Å². The van der Waals surface area contributed by atoms with Crippen molar-refractivity contribution in [2.45, 2.75) is 58.2 Å². The number of likely N-dealkylation sites (tertiary alicyclic amines) is 1. The summed E-state index contributed by atoms with van der Waals surface area (Å²) < 4.78 is 0. The molecule has 3 rings (SSSR count). The van der Waals surface area contributed by atoms with Crippen LogP contribution in [0.15, 0.2) is 48.5 Å². The Labute approximate surface area is 168 Å². The van der Waals surface area contributed by atoms with Crippen LogP contribution in [0.5, 0.6) is 0 Å². The van der Waals surface area contributed by atoms with Crippen LogP contribution < -0.4 is 5.32 Å². The van der Waals surface area contributed by atoms with E-state index in [1.54, 1.807) is 12.1 Å². The van der Waals surface area contributed by atoms with Gasteiger partial charge in [-0.3, -0.25) is 9.69 Å². The minimum atomic E-state index is 0.0515. The number of nitriles is 1. The maximum absolute atomic E-state index is 12.1. The molecule has 0 radical (unpaired) electrons. The fourth-order valence-electron chi connectivity index (χ4n) is 3.68. The second-order valence-electron chi connectivity index (χ2n) is 7.72. The van der Waals surface area contributed by atoms with E-state index in [9.17, 15) is 4.79 Å². The Morgan fingerprint density at radius 2 is 1.75 bits per heavy atom. The van der Waals surface area contributed by atoms with Gasteiger partial charge in [-0.15, -0.1) is 0 Å². The van der Waals surface area contributed by atoms with Gasteiger partial charge < -0.3 is 5.32 Å². The zero-order valence-electron chi connectivity index (χ0n) is 16.7. The summed E-state index contributed by atoms with van der Waals surface area (Å²) in [5.41, 5.74) is 4.18. The van der Waals surface area contributed by atoms with Gasteiger partial charge in [-0.1, -0.05) is 42.8 Å². The van der Waals surface area contributed by atoms with Crippen LogP contribution in [0, 0.1) is 11.3 Å². The molecule has 1 aliphatic rings. The van der Waals surface area contributed by atoms with Crippen LogP contribution in [0.3, 0.4) is 0 Å². The Morgan fingerprint density at radius 1 is 1.07 bits per heavy atom. The quantitative estimate of drug-likeness (QED) is 0.790. The fourth-order valence-corrected chi connectivity index (χ4v) is 3.68. The molecule has 1 atom stereocenters. The number of amides is 1. The zero-order chi connectivity index (χ0) is 19.8. The Balaban J connectivity index is 1.41. The first-order valence-electron chi connectivity index (χ1n) is 10.2. The summed E-state index contributed by atoms with van der Waals surface area (Å²) >= 11 is 0. The predicted molar refractivity (Wildman–Crippen MR) is 111 cm³/mol. The van der Waals surface area contributed by atoms with Crippen LogP contribution in [-0.2, 0) is 24.3 Å². The highest BCUT2D eigenvalue weighted by molar-refractivity contribution is 5.76. The lowest BCUT2D eigenvalue weighted by Crippen LogP contribution is -2.36. The fraction of sp³-hybridized carbons (Fsp3) is 0.417. The number of benzene rings is 2. The van der Waals surface area contributed by atoms with Gasteiger partial charge in [0.2, 0.25) is 5.91 Å². The Morgan fingerprint density at radius 3 is 2.43 bits per heavy atom. The molecule has 4 nitrogen and oxygen atoms in total. The minimum Gasteiger partial charge on any atom is -0.352 e. The SMILES string of the molecule is C[C@H]1CCCCN1Cc1ccc(CNC(=O)CCc2ccc(C#N)cc2)cc1. The number of carbonyl (C=O) groups is 1. The van der Waals surface area contributed by atoms with Gasteiger partial charge in [-0.2, -0.15) is 5.26 Å². The van der Waals surface area contributed by atoms with Crippen LogP contribution in [0.4, 0.5) is 0 Å². The first-order valence-corrected chi connectivity index (χ1v) is 10.2. The van der Waals surface area contributed by atoms with Gasteiger partial charge in [0.15, 0.2) is 0 Å². The second kappa shape index (κ2) is 10.1. The average Bonchev–Trinajstić information content (AvgIpc) is 2.74. The maximum Gasteiger partial charge on any atom is 0.220 e. The van der Waals surface area contributed by atoms with Crippen molar-refractivity contribution in [3.8, 4) is 6.07 Å². The first-order chi connectivity index (χ1) is 13.6. The molecule has 0 aromatic heterocycles. The van der Waals surface area contributed by atoms with Crippen LogP contribution in [0.2, 0.25) is 0 Å². The molecule has 0 bridgehead atoms. The number of aryl methyl sites for hydroxylation is 1. The normalized spacial score (nSPS) is 17.1. The van der Waals surface area contributed by atoms with Gasteiger partial charge >= 0.3 is 0 Å². The van der Waals surface area contributed by atoms with E-state index in [4.69, 9.17) is 5.26 Å². The molecule has 1 saturated heterocycles. The van der Waals surface area contributed by atoms with Crippen LogP contribution >= 0.6 is 0 Å². The van der Waals surface area contributed by atoms with E-state index >= 15 is 0 Å². The Kier molecular flexibility index (Phi) is 7.22. The summed E-state index contributed by atoms with van der Waals surface area (Å²) in [5, 5.41) is 11.8. The van der Waals surface area contributed by atoms with E-state index in [1.807, 2.05) is 12.1 Å². The smallest absolute Gasteiger partial charge is 0.220 e. The van der Waals surface area contributed by atoms with E-state index in [1.165, 1.54) is 31.4 Å². The summed E-state index contributed by atoms with van der Waals surface area (Å²) in [5.74, 6) is 0.0515. The third-order valence-corrected chi connectivity index (χ3v) is 5.56. The molecule has 2 aromatic carbocycles. The number of hydrogen-bond donors (Lipinski definition) is 1. The van der Waals surface area contributed by atoms with E-state index in [0.29, 0.717) is 31.0 Å². The largest absolute Gasteiger partial charge is 0.352 e. The van der Waals surface area contributed by atoms with E-state index in [-0.39, 0.29) is 5.91 Å². The molecule has 2 aromatic rings. The molecule has 0 unspecified atom stereocenters. The second-order valence-corrected chi connectivity index (χ2v) is 7.72. The highest BCUT2D eigenvalue weighted by Crippen LogP contribution is 2.19. The summed E-state index contributed by atoms with van der Waals surface area (Å²) in [6.45, 7) is 5.09. The van der Waals surface area contributed by atoms with Crippen molar-refractivity contribution >= 4 is 5.91 Å². The van der Waals surface area contributed by atoms with Crippen molar-refractivity contribution in [3.63, 3.8) is 0 Å². The van der Waals surface area contributed by atoms with Crippen LogP contribution in [0.1, 0.15) is 54.9 Å². The molecule has 1 amide bonds. The Bertz CT molecular complexity index is 805. The van der Waals surface area contributed by atoms with E-state index < -0.39 is 0 Å². The molecular weight excluding hydrogens is 346 g/mol. The topological polar surface area (TPSA) is 56.1 Å². The average molecular weight is 376 g/mol. The molecule has 1 N–H and O–H groups in total. The van der Waals surface area contributed by atoms with Gasteiger partial charge in [0.25, 0.3) is 0 Å². The summed E-state index contributed by atoms with van der Waals surface area (Å²) in [6, 6.07) is 18.8. The molecule has 1 heterocycles. The number of piperidine rings is 1.